The number of aryl methyl sites for hydroxylation is 1. The predicted molar refractivity (Wildman–Crippen MR) is 89.6 cm³/mol. The largest absolute Gasteiger partial charge is 0.370 e. The molecule has 0 radical (unpaired) electrons. The van der Waals surface area contributed by atoms with Gasteiger partial charge in [-0.25, -0.2) is 9.97 Å². The summed E-state index contributed by atoms with van der Waals surface area (Å²) in [6.07, 6.45) is 2.15. The van der Waals surface area contributed by atoms with Crippen LogP contribution >= 0.6 is 11.6 Å². The van der Waals surface area contributed by atoms with Gasteiger partial charge in [-0.3, -0.25) is 4.79 Å². The molecule has 0 fully saturated rings. The number of carbonyl (C=O) groups excluding carboxylic acids is 1. The monoisotopic (exact) mass is 318 g/mol. The highest BCUT2D eigenvalue weighted by molar-refractivity contribution is 6.30. The van der Waals surface area contributed by atoms with Gasteiger partial charge in [0.25, 0.3) is 5.91 Å². The van der Waals surface area contributed by atoms with E-state index in [0.29, 0.717) is 28.0 Å². The molecule has 0 saturated carbocycles. The Morgan fingerprint density at radius 2 is 1.95 bits per heavy atom. The lowest BCUT2D eigenvalue weighted by molar-refractivity contribution is 0.102. The van der Waals surface area contributed by atoms with E-state index in [2.05, 4.69) is 27.5 Å². The number of nitrogens with zero attached hydrogens (tertiary/aromatic N) is 2. The molecule has 0 aliphatic rings. The predicted octanol–water partition coefficient (Wildman–Crippen LogP) is 3.90. The number of carbonyl (C=O) groups is 1. The Labute approximate surface area is 135 Å². The maximum absolute atomic E-state index is 12.3. The summed E-state index contributed by atoms with van der Waals surface area (Å²) in [5.41, 5.74) is 1.01. The van der Waals surface area contributed by atoms with E-state index in [-0.39, 0.29) is 5.91 Å². The minimum Gasteiger partial charge on any atom is -0.370 e. The second-order valence-electron chi connectivity index (χ2n) is 4.93. The molecule has 0 aliphatic heterocycles. The number of unbranched alkanes of at least 4 members (excludes halogenated alkanes) is 1. The van der Waals surface area contributed by atoms with E-state index < -0.39 is 0 Å². The summed E-state index contributed by atoms with van der Waals surface area (Å²) < 4.78 is 0. The molecule has 0 spiro atoms. The van der Waals surface area contributed by atoms with Crippen LogP contribution in [-0.2, 0) is 0 Å². The third-order valence-corrected chi connectivity index (χ3v) is 3.26. The Hall–Kier alpha value is -2.14. The number of aromatic nitrogens is 2. The molecule has 1 aromatic carbocycles. The fourth-order valence-corrected chi connectivity index (χ4v) is 2.02. The molecule has 0 saturated heterocycles. The van der Waals surface area contributed by atoms with Crippen LogP contribution in [0.15, 0.2) is 30.3 Å². The summed E-state index contributed by atoms with van der Waals surface area (Å²) in [5, 5.41) is 6.62. The number of halogens is 1. The van der Waals surface area contributed by atoms with Crippen LogP contribution in [0.3, 0.4) is 0 Å². The van der Waals surface area contributed by atoms with Gasteiger partial charge in [0.2, 0.25) is 0 Å². The molecular weight excluding hydrogens is 300 g/mol. The Balaban J connectivity index is 2.09. The average molecular weight is 319 g/mol. The lowest BCUT2D eigenvalue weighted by atomic mass is 10.3. The Morgan fingerprint density at radius 1 is 1.23 bits per heavy atom. The first-order valence-electron chi connectivity index (χ1n) is 7.25. The lowest BCUT2D eigenvalue weighted by Gasteiger charge is -2.09. The zero-order chi connectivity index (χ0) is 15.9. The van der Waals surface area contributed by atoms with Crippen molar-refractivity contribution in [3.05, 3.63) is 46.9 Å². The second kappa shape index (κ2) is 7.75. The fraction of sp³-hybridized carbons (Fsp3) is 0.312. The standard InChI is InChI=1S/C16H19ClN4O/c1-3-4-9-18-15-10-14(19-11(2)20-15)16(22)21-13-7-5-12(17)6-8-13/h5-8,10H,3-4,9H2,1-2H3,(H,21,22)(H,18,19,20). The zero-order valence-electron chi connectivity index (χ0n) is 12.7. The molecule has 0 bridgehead atoms. The van der Waals surface area contributed by atoms with E-state index in [0.717, 1.165) is 19.4 Å². The highest BCUT2D eigenvalue weighted by atomic mass is 35.5. The fourth-order valence-electron chi connectivity index (χ4n) is 1.90. The van der Waals surface area contributed by atoms with Crippen LogP contribution in [0.1, 0.15) is 36.1 Å². The second-order valence-corrected chi connectivity index (χ2v) is 5.36. The van der Waals surface area contributed by atoms with Crippen molar-refractivity contribution >= 4 is 29.0 Å². The number of hydrogen-bond acceptors (Lipinski definition) is 4. The maximum atomic E-state index is 12.3. The number of benzene rings is 1. The molecule has 2 rings (SSSR count). The Kier molecular flexibility index (Phi) is 5.72. The van der Waals surface area contributed by atoms with Gasteiger partial charge < -0.3 is 10.6 Å². The van der Waals surface area contributed by atoms with Gasteiger partial charge in [0.05, 0.1) is 0 Å². The first-order chi connectivity index (χ1) is 10.6. The molecule has 116 valence electrons. The van der Waals surface area contributed by atoms with Crippen LogP contribution in [0.2, 0.25) is 5.02 Å². The van der Waals surface area contributed by atoms with E-state index >= 15 is 0 Å². The molecule has 2 N–H and O–H groups in total. The smallest absolute Gasteiger partial charge is 0.274 e. The highest BCUT2D eigenvalue weighted by Gasteiger charge is 2.10. The third kappa shape index (κ3) is 4.70. The van der Waals surface area contributed by atoms with E-state index in [4.69, 9.17) is 11.6 Å². The van der Waals surface area contributed by atoms with Crippen LogP contribution in [0.5, 0.6) is 0 Å². The van der Waals surface area contributed by atoms with Gasteiger partial charge >= 0.3 is 0 Å². The SMILES string of the molecule is CCCCNc1cc(C(=O)Nc2ccc(Cl)cc2)nc(C)n1. The van der Waals surface area contributed by atoms with Crippen molar-refractivity contribution in [2.24, 2.45) is 0 Å². The Morgan fingerprint density at radius 3 is 2.64 bits per heavy atom. The molecule has 5 nitrogen and oxygen atoms in total. The van der Waals surface area contributed by atoms with Crippen molar-refractivity contribution in [3.8, 4) is 0 Å². The van der Waals surface area contributed by atoms with E-state index in [1.807, 2.05) is 0 Å². The minimum absolute atomic E-state index is 0.272. The number of nitrogens with one attached hydrogen (secondary N) is 2. The van der Waals surface area contributed by atoms with Crippen LogP contribution in [-0.4, -0.2) is 22.4 Å². The maximum Gasteiger partial charge on any atom is 0.274 e. The minimum atomic E-state index is -0.272. The number of rotatable bonds is 6. The summed E-state index contributed by atoms with van der Waals surface area (Å²) >= 11 is 5.83. The van der Waals surface area contributed by atoms with Gasteiger partial charge in [-0.15, -0.1) is 0 Å². The molecule has 2 aromatic rings. The van der Waals surface area contributed by atoms with Crippen molar-refractivity contribution < 1.29 is 4.79 Å². The molecule has 0 aliphatic carbocycles. The van der Waals surface area contributed by atoms with E-state index in [9.17, 15) is 4.79 Å². The van der Waals surface area contributed by atoms with Crippen LogP contribution in [0.25, 0.3) is 0 Å². The van der Waals surface area contributed by atoms with Crippen LogP contribution in [0, 0.1) is 6.92 Å². The van der Waals surface area contributed by atoms with Crippen LogP contribution < -0.4 is 10.6 Å². The molecule has 0 atom stereocenters. The first-order valence-corrected chi connectivity index (χ1v) is 7.62. The highest BCUT2D eigenvalue weighted by Crippen LogP contribution is 2.15. The summed E-state index contributed by atoms with van der Waals surface area (Å²) in [5.74, 6) is 0.955. The summed E-state index contributed by atoms with van der Waals surface area (Å²) in [6.45, 7) is 4.72. The summed E-state index contributed by atoms with van der Waals surface area (Å²) in [7, 11) is 0. The Bertz CT molecular complexity index is 643. The van der Waals surface area contributed by atoms with Crippen molar-refractivity contribution in [1.29, 1.82) is 0 Å². The van der Waals surface area contributed by atoms with Crippen molar-refractivity contribution in [1.82, 2.24) is 9.97 Å². The number of amides is 1. The zero-order valence-corrected chi connectivity index (χ0v) is 13.4. The number of hydrogen-bond donors (Lipinski definition) is 2. The normalized spacial score (nSPS) is 10.3. The quantitative estimate of drug-likeness (QED) is 0.793. The summed E-state index contributed by atoms with van der Waals surface area (Å²) in [6, 6.07) is 8.59. The lowest BCUT2D eigenvalue weighted by Crippen LogP contribution is -2.16. The van der Waals surface area contributed by atoms with Crippen molar-refractivity contribution in [2.45, 2.75) is 26.7 Å². The van der Waals surface area contributed by atoms with E-state index in [1.165, 1.54) is 0 Å². The summed E-state index contributed by atoms with van der Waals surface area (Å²) in [4.78, 5) is 20.7. The average Bonchev–Trinajstić information content (AvgIpc) is 2.49. The molecule has 6 heteroatoms. The molecule has 1 aromatic heterocycles. The molecule has 1 heterocycles. The molecular formula is C16H19ClN4O. The van der Waals surface area contributed by atoms with Crippen LogP contribution in [0.4, 0.5) is 11.5 Å². The first kappa shape index (κ1) is 16.2. The van der Waals surface area contributed by atoms with Gasteiger partial charge in [-0.05, 0) is 37.6 Å². The number of anilines is 2. The van der Waals surface area contributed by atoms with Gasteiger partial charge in [0.15, 0.2) is 0 Å². The molecule has 0 unspecified atom stereocenters. The van der Waals surface area contributed by atoms with Gasteiger partial charge in [0, 0.05) is 23.3 Å². The van der Waals surface area contributed by atoms with Crippen molar-refractivity contribution in [3.63, 3.8) is 0 Å². The topological polar surface area (TPSA) is 66.9 Å². The van der Waals surface area contributed by atoms with Gasteiger partial charge in [-0.1, -0.05) is 24.9 Å². The van der Waals surface area contributed by atoms with Gasteiger partial charge in [0.1, 0.15) is 17.3 Å². The molecule has 22 heavy (non-hydrogen) atoms. The third-order valence-electron chi connectivity index (χ3n) is 3.01. The molecule has 1 amide bonds. The van der Waals surface area contributed by atoms with Gasteiger partial charge in [-0.2, -0.15) is 0 Å². The van der Waals surface area contributed by atoms with Crippen molar-refractivity contribution in [2.75, 3.05) is 17.2 Å². The van der Waals surface area contributed by atoms with E-state index in [1.54, 1.807) is 37.3 Å².